The van der Waals surface area contributed by atoms with Gasteiger partial charge in [-0.3, -0.25) is 0 Å². The fraction of sp³-hybridized carbons (Fsp3) is 0.0213. The number of nitrogens with zero attached hydrogens (tertiary/aromatic N) is 2. The van der Waals surface area contributed by atoms with Crippen molar-refractivity contribution < 1.29 is 8.83 Å². The van der Waals surface area contributed by atoms with Crippen LogP contribution in [0.4, 0.5) is 34.1 Å². The first kappa shape index (κ1) is 53.6. The van der Waals surface area contributed by atoms with Crippen molar-refractivity contribution in [1.82, 2.24) is 0 Å². The molecule has 0 N–H and O–H groups in total. The van der Waals surface area contributed by atoms with E-state index in [0.717, 1.165) is 88.8 Å². The highest BCUT2D eigenvalue weighted by Crippen LogP contribution is 2.71. The average molecular weight is 1250 g/mol. The second-order valence-electron chi connectivity index (χ2n) is 26.8. The molecule has 2 unspecified atom stereocenters. The molecule has 4 nitrogen and oxygen atoms in total. The van der Waals surface area contributed by atoms with Gasteiger partial charge in [0.15, 0.2) is 11.2 Å². The van der Waals surface area contributed by atoms with E-state index in [1.54, 1.807) is 0 Å². The van der Waals surface area contributed by atoms with Gasteiger partial charge in [0.25, 0.3) is 0 Å². The van der Waals surface area contributed by atoms with Crippen LogP contribution in [0.25, 0.3) is 131 Å². The van der Waals surface area contributed by atoms with Crippen molar-refractivity contribution in [1.29, 1.82) is 0 Å². The zero-order valence-corrected chi connectivity index (χ0v) is 53.0. The highest BCUT2D eigenvalue weighted by atomic mass is 16.3. The predicted octanol–water partition coefficient (Wildman–Crippen LogP) is 25.5. The summed E-state index contributed by atoms with van der Waals surface area (Å²) < 4.78 is 14.3. The summed E-state index contributed by atoms with van der Waals surface area (Å²) in [6, 6.07) is 128. The van der Waals surface area contributed by atoms with E-state index in [0.29, 0.717) is 0 Å². The zero-order valence-electron chi connectivity index (χ0n) is 53.0. The maximum absolute atomic E-state index is 7.15. The number of hydrogen-bond donors (Lipinski definition) is 0. The number of fused-ring (bicyclic) bond motifs is 12. The Balaban J connectivity index is 0.871. The van der Waals surface area contributed by atoms with Crippen LogP contribution in [0.15, 0.2) is 349 Å². The largest absolute Gasteiger partial charge is 0.454 e. The summed E-state index contributed by atoms with van der Waals surface area (Å²) in [5.41, 5.74) is 19.6. The normalized spacial score (nSPS) is 15.6. The molecular formula is C94H56N2O2. The summed E-state index contributed by atoms with van der Waals surface area (Å²) in [6.45, 7) is 0. The Kier molecular flexibility index (Phi) is 10.9. The molecule has 2 aliphatic rings. The molecule has 0 aliphatic heterocycles. The lowest BCUT2D eigenvalue weighted by atomic mass is 9.49. The minimum atomic E-state index is -0.964. The van der Waals surface area contributed by atoms with Crippen LogP contribution in [0.5, 0.6) is 0 Å². The molecule has 18 aromatic carbocycles. The first-order valence-corrected chi connectivity index (χ1v) is 34.0. The fourth-order valence-electron chi connectivity index (χ4n) is 18.5. The van der Waals surface area contributed by atoms with Crippen LogP contribution in [0, 0.1) is 0 Å². The van der Waals surface area contributed by atoms with E-state index in [9.17, 15) is 0 Å². The van der Waals surface area contributed by atoms with E-state index in [-0.39, 0.29) is 0 Å². The maximum Gasteiger partial charge on any atom is 0.159 e. The molecule has 0 bridgehead atoms. The van der Waals surface area contributed by atoms with E-state index in [1.165, 1.54) is 109 Å². The van der Waals surface area contributed by atoms with Gasteiger partial charge in [0.05, 0.1) is 33.6 Å². The lowest BCUT2D eigenvalue weighted by Crippen LogP contribution is -2.50. The summed E-state index contributed by atoms with van der Waals surface area (Å²) >= 11 is 0. The number of para-hydroxylation sites is 4. The molecule has 454 valence electrons. The number of hydrogen-bond acceptors (Lipinski definition) is 4. The van der Waals surface area contributed by atoms with E-state index >= 15 is 0 Å². The van der Waals surface area contributed by atoms with Gasteiger partial charge in [-0.25, -0.2) is 0 Å². The van der Waals surface area contributed by atoms with Gasteiger partial charge in [-0.15, -0.1) is 0 Å². The number of rotatable bonds is 9. The lowest BCUT2D eigenvalue weighted by molar-refractivity contribution is 0.437. The van der Waals surface area contributed by atoms with Gasteiger partial charge in [0.2, 0.25) is 0 Å². The molecule has 2 atom stereocenters. The monoisotopic (exact) mass is 1240 g/mol. The highest BCUT2D eigenvalue weighted by molar-refractivity contribution is 6.28. The van der Waals surface area contributed by atoms with Crippen molar-refractivity contribution in [2.24, 2.45) is 0 Å². The molecule has 0 spiro atoms. The molecule has 2 aliphatic carbocycles. The number of benzene rings is 18. The Morgan fingerprint density at radius 3 is 1.01 bits per heavy atom. The number of furan rings is 2. The maximum atomic E-state index is 7.15. The molecule has 0 saturated heterocycles. The minimum absolute atomic E-state index is 0.831. The van der Waals surface area contributed by atoms with Crippen molar-refractivity contribution in [3.8, 4) is 22.3 Å². The topological polar surface area (TPSA) is 32.8 Å². The third-order valence-corrected chi connectivity index (χ3v) is 22.3. The third-order valence-electron chi connectivity index (χ3n) is 22.3. The molecular weight excluding hydrogens is 1190 g/mol. The summed E-state index contributed by atoms with van der Waals surface area (Å²) in [5.74, 6) is 0. The van der Waals surface area contributed by atoms with E-state index in [1.807, 2.05) is 0 Å². The van der Waals surface area contributed by atoms with Crippen molar-refractivity contribution in [3.05, 3.63) is 373 Å². The average Bonchev–Trinajstić information content (AvgIpc) is 1.46. The van der Waals surface area contributed by atoms with Crippen LogP contribution in [0.3, 0.4) is 0 Å². The molecule has 22 rings (SSSR count). The molecule has 2 aromatic heterocycles. The molecule has 0 radical (unpaired) electrons. The zero-order chi connectivity index (χ0) is 64.0. The standard InChI is InChI=1S/C94H56N2O2/c1-3-23-63(24-4-1)93(77-33-11-7-27-67(77)69-51-47-65(55-79(69)93)95(83-35-17-31-73-71-29-9-13-37-85(71)97-91(73)83)81-53-45-61-41-39-57-19-15-21-59-43-49-75(81)89(61)87(57)59)94(64-25-5-2-6-26-64)78-34-12-8-28-68(78)70-52-48-66(56-80(70)94)96(84-36-18-32-74-72-30-10-14-38-86(72)98-92(74)84)82-54-46-62-42-40-58-20-16-22-60-44-50-76(82)90(62)88(58)60/h1-56H. The molecule has 0 fully saturated rings. The van der Waals surface area contributed by atoms with Crippen molar-refractivity contribution in [2.75, 3.05) is 9.80 Å². The smallest absolute Gasteiger partial charge is 0.159 e. The van der Waals surface area contributed by atoms with E-state index in [2.05, 4.69) is 350 Å². The Morgan fingerprint density at radius 1 is 0.214 bits per heavy atom. The molecule has 4 heteroatoms. The quantitative estimate of drug-likeness (QED) is 0.135. The van der Waals surface area contributed by atoms with Crippen LogP contribution < -0.4 is 9.80 Å². The van der Waals surface area contributed by atoms with E-state index < -0.39 is 10.8 Å². The molecule has 20 aromatic rings. The SMILES string of the molecule is c1ccc(C2(C3(c4ccccc4)c4ccccc4-c4ccc(N(c5ccc6ccc7cccc8ccc5c6c78)c5cccc6c5oc5ccccc56)cc43)c3ccccc3-c3ccc(N(c4ccc5ccc6cccc7ccc4c5c67)c4cccc5c4oc4ccccc45)cc32)cc1. The second-order valence-corrected chi connectivity index (χ2v) is 26.8. The summed E-state index contributed by atoms with van der Waals surface area (Å²) in [5, 5.41) is 19.0. The Bertz CT molecular complexity index is 6280. The molecule has 98 heavy (non-hydrogen) atoms. The van der Waals surface area contributed by atoms with Crippen molar-refractivity contribution >= 4 is 143 Å². The van der Waals surface area contributed by atoms with Gasteiger partial charge in [-0.05, 0) is 170 Å². The van der Waals surface area contributed by atoms with Crippen LogP contribution >= 0.6 is 0 Å². The van der Waals surface area contributed by atoms with Crippen LogP contribution in [0.1, 0.15) is 33.4 Å². The van der Waals surface area contributed by atoms with E-state index in [4.69, 9.17) is 8.83 Å². The number of anilines is 6. The Labute approximate surface area is 564 Å². The van der Waals surface area contributed by atoms with Gasteiger partial charge < -0.3 is 18.6 Å². The van der Waals surface area contributed by atoms with Gasteiger partial charge in [0, 0.05) is 43.7 Å². The summed E-state index contributed by atoms with van der Waals surface area (Å²) in [4.78, 5) is 5.01. The summed E-state index contributed by atoms with van der Waals surface area (Å²) in [7, 11) is 0. The van der Waals surface area contributed by atoms with Crippen LogP contribution in [-0.2, 0) is 10.8 Å². The molecule has 2 heterocycles. The van der Waals surface area contributed by atoms with Crippen LogP contribution in [-0.4, -0.2) is 0 Å². The lowest BCUT2D eigenvalue weighted by Gasteiger charge is -2.51. The Morgan fingerprint density at radius 2 is 0.561 bits per heavy atom. The highest BCUT2D eigenvalue weighted by Gasteiger charge is 2.64. The van der Waals surface area contributed by atoms with Gasteiger partial charge >= 0.3 is 0 Å². The minimum Gasteiger partial charge on any atom is -0.454 e. The first-order chi connectivity index (χ1) is 48.6. The Hall–Kier alpha value is -12.8. The first-order valence-electron chi connectivity index (χ1n) is 34.0. The fourth-order valence-corrected chi connectivity index (χ4v) is 18.5. The van der Waals surface area contributed by atoms with Crippen molar-refractivity contribution in [2.45, 2.75) is 10.8 Å². The predicted molar refractivity (Wildman–Crippen MR) is 408 cm³/mol. The molecule has 0 saturated carbocycles. The van der Waals surface area contributed by atoms with Gasteiger partial charge in [-0.2, -0.15) is 0 Å². The van der Waals surface area contributed by atoms with Crippen molar-refractivity contribution in [3.63, 3.8) is 0 Å². The molecule has 0 amide bonds. The second kappa shape index (κ2) is 19.9. The van der Waals surface area contributed by atoms with Gasteiger partial charge in [0.1, 0.15) is 11.2 Å². The summed E-state index contributed by atoms with van der Waals surface area (Å²) in [6.07, 6.45) is 0. The van der Waals surface area contributed by atoms with Gasteiger partial charge in [-0.1, -0.05) is 279 Å². The third kappa shape index (κ3) is 6.97. The van der Waals surface area contributed by atoms with Crippen LogP contribution in [0.2, 0.25) is 0 Å².